The van der Waals surface area contributed by atoms with Crippen molar-refractivity contribution in [3.63, 3.8) is 0 Å². The van der Waals surface area contributed by atoms with Crippen LogP contribution >= 0.6 is 11.3 Å². The summed E-state index contributed by atoms with van der Waals surface area (Å²) in [6, 6.07) is 5.24. The van der Waals surface area contributed by atoms with Crippen LogP contribution in [0.5, 0.6) is 0 Å². The van der Waals surface area contributed by atoms with Crippen LogP contribution in [0.4, 0.5) is 0 Å². The molecule has 1 unspecified atom stereocenters. The topological polar surface area (TPSA) is 105 Å². The lowest BCUT2D eigenvalue weighted by molar-refractivity contribution is -0.255. The summed E-state index contributed by atoms with van der Waals surface area (Å²) in [5.41, 5.74) is 1.12. The zero-order chi connectivity index (χ0) is 17.8. The Morgan fingerprint density at radius 1 is 1.40 bits per heavy atom. The lowest BCUT2D eigenvalue weighted by atomic mass is 10.2. The van der Waals surface area contributed by atoms with Crippen molar-refractivity contribution < 1.29 is 18.3 Å². The third-order valence-electron chi connectivity index (χ3n) is 4.39. The number of nitrogens with zero attached hydrogens (tertiary/aromatic N) is 3. The van der Waals surface area contributed by atoms with Gasteiger partial charge in [0.15, 0.2) is 9.84 Å². The molecule has 1 aliphatic heterocycles. The van der Waals surface area contributed by atoms with E-state index in [1.807, 2.05) is 22.1 Å². The highest BCUT2D eigenvalue weighted by Crippen LogP contribution is 2.33. The van der Waals surface area contributed by atoms with Crippen molar-refractivity contribution in [1.82, 2.24) is 14.5 Å². The molecule has 0 bridgehead atoms. The molecule has 0 aliphatic carbocycles. The fourth-order valence-electron chi connectivity index (χ4n) is 3.34. The molecular formula is C16H14N3O4S2-. The van der Waals surface area contributed by atoms with E-state index in [0.29, 0.717) is 23.5 Å². The average molecular weight is 376 g/mol. The Hall–Kier alpha value is -2.26. The van der Waals surface area contributed by atoms with Crippen molar-refractivity contribution in [2.24, 2.45) is 0 Å². The first-order valence-electron chi connectivity index (χ1n) is 7.71. The minimum atomic E-state index is -3.08. The second kappa shape index (κ2) is 5.63. The van der Waals surface area contributed by atoms with Crippen LogP contribution < -0.4 is 5.11 Å². The highest BCUT2D eigenvalue weighted by molar-refractivity contribution is 7.91. The number of carboxylic acids is 1. The monoisotopic (exact) mass is 376 g/mol. The van der Waals surface area contributed by atoms with Crippen molar-refractivity contribution in [2.75, 3.05) is 11.5 Å². The van der Waals surface area contributed by atoms with E-state index in [1.165, 1.54) is 11.3 Å². The summed E-state index contributed by atoms with van der Waals surface area (Å²) in [5, 5.41) is 13.4. The third kappa shape index (κ3) is 2.73. The molecule has 1 saturated heterocycles. The maximum absolute atomic E-state index is 11.9. The Balaban J connectivity index is 1.98. The normalized spacial score (nSPS) is 19.5. The van der Waals surface area contributed by atoms with E-state index in [0.717, 1.165) is 4.88 Å². The zero-order valence-corrected chi connectivity index (χ0v) is 14.9. The molecule has 0 radical (unpaired) electrons. The van der Waals surface area contributed by atoms with Crippen molar-refractivity contribution in [3.05, 3.63) is 35.1 Å². The van der Waals surface area contributed by atoms with Gasteiger partial charge in [-0.3, -0.25) is 0 Å². The summed E-state index contributed by atoms with van der Waals surface area (Å²) in [6.45, 7) is 1.74. The van der Waals surface area contributed by atoms with E-state index in [-0.39, 0.29) is 28.8 Å². The number of hydrogen-bond donors (Lipinski definition) is 0. The summed E-state index contributed by atoms with van der Waals surface area (Å²) >= 11 is 1.45. The number of carboxylic acid groups (broad SMARTS) is 1. The van der Waals surface area contributed by atoms with E-state index in [4.69, 9.17) is 0 Å². The molecule has 0 N–H and O–H groups in total. The van der Waals surface area contributed by atoms with Gasteiger partial charge in [0.05, 0.1) is 39.6 Å². The Kier molecular flexibility index (Phi) is 3.66. The molecular weight excluding hydrogens is 362 g/mol. The van der Waals surface area contributed by atoms with Crippen LogP contribution in [0.25, 0.3) is 21.6 Å². The number of rotatable bonds is 3. The molecule has 4 heterocycles. The van der Waals surface area contributed by atoms with Gasteiger partial charge in [-0.15, -0.1) is 11.3 Å². The maximum atomic E-state index is 11.9. The number of hydrogen-bond acceptors (Lipinski definition) is 7. The fourth-order valence-corrected chi connectivity index (χ4v) is 5.73. The number of pyridine rings is 1. The van der Waals surface area contributed by atoms with Gasteiger partial charge < -0.3 is 14.5 Å². The van der Waals surface area contributed by atoms with Gasteiger partial charge in [-0.05, 0) is 30.9 Å². The standard InChI is InChI=1S/C16H15N3O4S2/c1-9-17-14-12(19(9)10-4-6-25(22,23)8-10)7-11(13-3-2-5-24-13)18-15(14)16(20)21/h2-3,5,7,10H,4,6,8H2,1H3,(H,20,21)/p-1. The van der Waals surface area contributed by atoms with Crippen LogP contribution in [0.3, 0.4) is 0 Å². The second-order valence-electron chi connectivity index (χ2n) is 6.07. The lowest BCUT2D eigenvalue weighted by Gasteiger charge is -2.14. The summed E-state index contributed by atoms with van der Waals surface area (Å²) < 4.78 is 25.6. The quantitative estimate of drug-likeness (QED) is 0.680. The lowest BCUT2D eigenvalue weighted by Crippen LogP contribution is -2.24. The van der Waals surface area contributed by atoms with E-state index in [1.54, 1.807) is 13.0 Å². The first-order chi connectivity index (χ1) is 11.9. The number of aryl methyl sites for hydroxylation is 1. The van der Waals surface area contributed by atoms with Crippen LogP contribution in [-0.2, 0) is 9.84 Å². The zero-order valence-electron chi connectivity index (χ0n) is 13.3. The summed E-state index contributed by atoms with van der Waals surface area (Å²) in [6.07, 6.45) is 0.492. The maximum Gasteiger partial charge on any atom is 0.152 e. The minimum Gasteiger partial charge on any atom is -0.543 e. The smallest absolute Gasteiger partial charge is 0.152 e. The molecule has 3 aromatic rings. The molecule has 0 saturated carbocycles. The van der Waals surface area contributed by atoms with E-state index < -0.39 is 15.8 Å². The number of thiophene rings is 1. The molecule has 25 heavy (non-hydrogen) atoms. The number of aromatic carboxylic acids is 1. The Bertz CT molecular complexity index is 1080. The molecule has 7 nitrogen and oxygen atoms in total. The Labute approximate surface area is 147 Å². The summed E-state index contributed by atoms with van der Waals surface area (Å²) in [7, 11) is -3.08. The number of aromatic nitrogens is 3. The average Bonchev–Trinajstić information content (AvgIpc) is 3.24. The number of imidazole rings is 1. The van der Waals surface area contributed by atoms with Gasteiger partial charge in [-0.1, -0.05) is 6.07 Å². The summed E-state index contributed by atoms with van der Waals surface area (Å²) in [5.74, 6) is -0.652. The Morgan fingerprint density at radius 3 is 2.80 bits per heavy atom. The number of carbonyl (C=O) groups is 1. The molecule has 0 amide bonds. The SMILES string of the molecule is Cc1nc2c(C(=O)[O-])nc(-c3cccs3)cc2n1C1CCS(=O)(=O)C1. The molecule has 130 valence electrons. The largest absolute Gasteiger partial charge is 0.543 e. The molecule has 1 atom stereocenters. The molecule has 4 rings (SSSR count). The van der Waals surface area contributed by atoms with E-state index >= 15 is 0 Å². The highest BCUT2D eigenvalue weighted by Gasteiger charge is 2.31. The molecule has 3 aromatic heterocycles. The summed E-state index contributed by atoms with van der Waals surface area (Å²) in [4.78, 5) is 20.9. The van der Waals surface area contributed by atoms with Gasteiger partial charge in [0.1, 0.15) is 17.0 Å². The van der Waals surface area contributed by atoms with Crippen molar-refractivity contribution in [2.45, 2.75) is 19.4 Å². The minimum absolute atomic E-state index is 0.0383. The van der Waals surface area contributed by atoms with Crippen LogP contribution in [0, 0.1) is 6.92 Å². The molecule has 0 aromatic carbocycles. The molecule has 1 fully saturated rings. The molecule has 0 spiro atoms. The van der Waals surface area contributed by atoms with Crippen LogP contribution in [0.1, 0.15) is 28.8 Å². The van der Waals surface area contributed by atoms with Crippen molar-refractivity contribution in [3.8, 4) is 10.6 Å². The van der Waals surface area contributed by atoms with E-state index in [2.05, 4.69) is 9.97 Å². The predicted molar refractivity (Wildman–Crippen MR) is 92.2 cm³/mol. The van der Waals surface area contributed by atoms with Gasteiger partial charge in [0, 0.05) is 0 Å². The van der Waals surface area contributed by atoms with Gasteiger partial charge >= 0.3 is 0 Å². The van der Waals surface area contributed by atoms with Gasteiger partial charge in [0.25, 0.3) is 0 Å². The Morgan fingerprint density at radius 2 is 2.20 bits per heavy atom. The molecule has 1 aliphatic rings. The van der Waals surface area contributed by atoms with Crippen molar-refractivity contribution in [1.29, 1.82) is 0 Å². The first kappa shape index (κ1) is 16.2. The van der Waals surface area contributed by atoms with Crippen LogP contribution in [0.2, 0.25) is 0 Å². The number of fused-ring (bicyclic) bond motifs is 1. The highest BCUT2D eigenvalue weighted by atomic mass is 32.2. The first-order valence-corrected chi connectivity index (χ1v) is 10.4. The van der Waals surface area contributed by atoms with Crippen LogP contribution in [-0.4, -0.2) is 40.4 Å². The van der Waals surface area contributed by atoms with Gasteiger partial charge in [-0.25, -0.2) is 18.4 Å². The van der Waals surface area contributed by atoms with Gasteiger partial charge in [0.2, 0.25) is 0 Å². The number of sulfone groups is 1. The van der Waals surface area contributed by atoms with Crippen molar-refractivity contribution >= 4 is 38.2 Å². The third-order valence-corrected chi connectivity index (χ3v) is 7.04. The van der Waals surface area contributed by atoms with Crippen LogP contribution in [0.15, 0.2) is 23.6 Å². The predicted octanol–water partition coefficient (Wildman–Crippen LogP) is 1.19. The molecule has 9 heteroatoms. The van der Waals surface area contributed by atoms with Gasteiger partial charge in [-0.2, -0.15) is 0 Å². The van der Waals surface area contributed by atoms with E-state index in [9.17, 15) is 18.3 Å². The second-order valence-corrected chi connectivity index (χ2v) is 9.25. The number of carbonyl (C=O) groups excluding carboxylic acids is 1. The fraction of sp³-hybridized carbons (Fsp3) is 0.312.